The molecule has 1 aromatic rings. The van der Waals surface area contributed by atoms with Crippen molar-refractivity contribution in [3.63, 3.8) is 0 Å². The minimum absolute atomic E-state index is 0.185. The Kier molecular flexibility index (Phi) is 4.95. The first-order valence-corrected chi connectivity index (χ1v) is 5.52. The highest BCUT2D eigenvalue weighted by Crippen LogP contribution is 2.34. The second-order valence-electron chi connectivity index (χ2n) is 3.80. The summed E-state index contributed by atoms with van der Waals surface area (Å²) in [5, 5.41) is 17.6. The Morgan fingerprint density at radius 1 is 1.42 bits per heavy atom. The topological polar surface area (TPSA) is 47.3 Å². The third-order valence-corrected chi connectivity index (χ3v) is 2.51. The van der Waals surface area contributed by atoms with Gasteiger partial charge in [-0.05, 0) is 18.2 Å². The molecule has 0 bridgehead atoms. The van der Waals surface area contributed by atoms with Crippen LogP contribution in [0.1, 0.15) is 11.1 Å². The summed E-state index contributed by atoms with van der Waals surface area (Å²) in [4.78, 5) is 1.55. The molecule has 3 nitrogen and oxygen atoms in total. The largest absolute Gasteiger partial charge is 0.417 e. The van der Waals surface area contributed by atoms with Gasteiger partial charge in [0.25, 0.3) is 0 Å². The van der Waals surface area contributed by atoms with Crippen molar-refractivity contribution in [2.45, 2.75) is 6.18 Å². The number of halogens is 3. The maximum Gasteiger partial charge on any atom is 0.417 e. The van der Waals surface area contributed by atoms with E-state index in [9.17, 15) is 13.2 Å². The molecule has 0 amide bonds. The van der Waals surface area contributed by atoms with Crippen LogP contribution >= 0.6 is 0 Å². The van der Waals surface area contributed by atoms with Crippen molar-refractivity contribution in [2.24, 2.45) is 0 Å². The van der Waals surface area contributed by atoms with Crippen molar-refractivity contribution in [3.8, 4) is 6.07 Å². The van der Waals surface area contributed by atoms with Crippen LogP contribution in [0, 0.1) is 11.3 Å². The van der Waals surface area contributed by atoms with Crippen LogP contribution in [0.15, 0.2) is 30.9 Å². The highest BCUT2D eigenvalue weighted by Gasteiger charge is 2.34. The molecule has 0 saturated carbocycles. The van der Waals surface area contributed by atoms with Gasteiger partial charge in [-0.3, -0.25) is 0 Å². The third kappa shape index (κ3) is 3.73. The van der Waals surface area contributed by atoms with E-state index >= 15 is 0 Å². The van der Waals surface area contributed by atoms with Gasteiger partial charge in [-0.15, -0.1) is 6.58 Å². The summed E-state index contributed by atoms with van der Waals surface area (Å²) < 4.78 is 38.4. The lowest BCUT2D eigenvalue weighted by molar-refractivity contribution is -0.137. The van der Waals surface area contributed by atoms with Gasteiger partial charge in [-0.2, -0.15) is 18.4 Å². The molecule has 0 aromatic heterocycles. The number of anilines is 1. The minimum atomic E-state index is -4.58. The Balaban J connectivity index is 3.23. The zero-order valence-corrected chi connectivity index (χ0v) is 10.1. The number of nitriles is 1. The van der Waals surface area contributed by atoms with Gasteiger partial charge in [0, 0.05) is 18.8 Å². The van der Waals surface area contributed by atoms with Gasteiger partial charge >= 0.3 is 6.18 Å². The maximum atomic E-state index is 12.8. The van der Waals surface area contributed by atoms with Crippen molar-refractivity contribution in [2.75, 3.05) is 24.6 Å². The van der Waals surface area contributed by atoms with Gasteiger partial charge in [0.2, 0.25) is 0 Å². The number of alkyl halides is 3. The number of aliphatic hydroxyl groups is 1. The molecule has 0 saturated heterocycles. The summed E-state index contributed by atoms with van der Waals surface area (Å²) in [6, 6.07) is 4.99. The summed E-state index contributed by atoms with van der Waals surface area (Å²) in [7, 11) is 0. The number of hydrogen-bond donors (Lipinski definition) is 1. The Labute approximate surface area is 109 Å². The fourth-order valence-corrected chi connectivity index (χ4v) is 1.66. The van der Waals surface area contributed by atoms with Crippen LogP contribution in [0.4, 0.5) is 18.9 Å². The lowest BCUT2D eigenvalue weighted by atomic mass is 10.1. The van der Waals surface area contributed by atoms with Gasteiger partial charge in [-0.1, -0.05) is 6.08 Å². The van der Waals surface area contributed by atoms with Gasteiger partial charge < -0.3 is 10.0 Å². The Bertz CT molecular complexity index is 492. The molecule has 1 rings (SSSR count). The molecular weight excluding hydrogens is 257 g/mol. The molecule has 1 aromatic carbocycles. The van der Waals surface area contributed by atoms with E-state index in [1.54, 1.807) is 4.90 Å². The van der Waals surface area contributed by atoms with Crippen LogP contribution in [-0.2, 0) is 6.18 Å². The first-order chi connectivity index (χ1) is 8.93. The van der Waals surface area contributed by atoms with Crippen LogP contribution < -0.4 is 4.90 Å². The fourth-order valence-electron chi connectivity index (χ4n) is 1.66. The first-order valence-electron chi connectivity index (χ1n) is 5.52. The van der Waals surface area contributed by atoms with Gasteiger partial charge in [0.1, 0.15) is 0 Å². The molecule has 0 aliphatic carbocycles. The summed E-state index contributed by atoms with van der Waals surface area (Å²) in [6.07, 6.45) is -3.05. The highest BCUT2D eigenvalue weighted by atomic mass is 19.4. The molecule has 0 heterocycles. The maximum absolute atomic E-state index is 12.8. The molecule has 0 spiro atoms. The zero-order valence-electron chi connectivity index (χ0n) is 10.1. The van der Waals surface area contributed by atoms with Crippen molar-refractivity contribution in [1.82, 2.24) is 0 Å². The predicted octanol–water partition coefficient (Wildman–Crippen LogP) is 2.56. The second kappa shape index (κ2) is 6.25. The molecule has 0 aliphatic heterocycles. The molecule has 1 N–H and O–H groups in total. The third-order valence-electron chi connectivity index (χ3n) is 2.51. The summed E-state index contributed by atoms with van der Waals surface area (Å²) >= 11 is 0. The van der Waals surface area contributed by atoms with E-state index in [4.69, 9.17) is 10.4 Å². The quantitative estimate of drug-likeness (QED) is 0.836. The van der Waals surface area contributed by atoms with E-state index in [-0.39, 0.29) is 13.2 Å². The first kappa shape index (κ1) is 15.1. The number of benzene rings is 1. The molecular formula is C13H13F3N2O. The average molecular weight is 270 g/mol. The van der Waals surface area contributed by atoms with Gasteiger partial charge in [0.15, 0.2) is 0 Å². The molecule has 0 atom stereocenters. The Morgan fingerprint density at radius 3 is 2.58 bits per heavy atom. The van der Waals surface area contributed by atoms with Crippen molar-refractivity contribution < 1.29 is 18.3 Å². The molecule has 6 heteroatoms. The fraction of sp³-hybridized carbons (Fsp3) is 0.308. The summed E-state index contributed by atoms with van der Waals surface area (Å²) in [5.41, 5.74) is -1.10. The van der Waals surface area contributed by atoms with E-state index in [2.05, 4.69) is 6.58 Å². The van der Waals surface area contributed by atoms with Gasteiger partial charge in [-0.25, -0.2) is 0 Å². The minimum Gasteiger partial charge on any atom is -0.395 e. The summed E-state index contributed by atoms with van der Waals surface area (Å²) in [5.74, 6) is 0. The average Bonchev–Trinajstić information content (AvgIpc) is 2.37. The molecule has 102 valence electrons. The van der Waals surface area contributed by atoms with E-state index in [0.717, 1.165) is 12.1 Å². The van der Waals surface area contributed by atoms with E-state index in [1.165, 1.54) is 18.2 Å². The Hall–Kier alpha value is -2.00. The van der Waals surface area contributed by atoms with E-state index in [0.29, 0.717) is 12.2 Å². The molecule has 0 fully saturated rings. The lowest BCUT2D eigenvalue weighted by Crippen LogP contribution is -2.27. The van der Waals surface area contributed by atoms with E-state index in [1.807, 2.05) is 0 Å². The number of rotatable bonds is 5. The number of aliphatic hydroxyl groups excluding tert-OH is 1. The predicted molar refractivity (Wildman–Crippen MR) is 65.7 cm³/mol. The van der Waals surface area contributed by atoms with Crippen LogP contribution in [0.25, 0.3) is 0 Å². The molecule has 0 aliphatic rings. The van der Waals surface area contributed by atoms with Crippen LogP contribution in [-0.4, -0.2) is 24.8 Å². The number of nitrogens with zero attached hydrogens (tertiary/aromatic N) is 2. The standard InChI is InChI=1S/C13H13F3N2O/c1-2-5-18(6-7-19)11-4-3-10(9-17)12(8-11)13(14,15)16/h2-4,8,19H,1,5-7H2. The molecule has 19 heavy (non-hydrogen) atoms. The normalized spacial score (nSPS) is 10.9. The summed E-state index contributed by atoms with van der Waals surface area (Å²) in [6.45, 7) is 3.83. The Morgan fingerprint density at radius 2 is 2.11 bits per heavy atom. The van der Waals surface area contributed by atoms with Crippen LogP contribution in [0.3, 0.4) is 0 Å². The SMILES string of the molecule is C=CCN(CCO)c1ccc(C#N)c(C(F)(F)F)c1. The van der Waals surface area contributed by atoms with E-state index < -0.39 is 17.3 Å². The van der Waals surface area contributed by atoms with Crippen molar-refractivity contribution in [3.05, 3.63) is 42.0 Å². The van der Waals surface area contributed by atoms with Crippen molar-refractivity contribution >= 4 is 5.69 Å². The molecule has 0 unspecified atom stereocenters. The van der Waals surface area contributed by atoms with Crippen LogP contribution in [0.5, 0.6) is 0 Å². The lowest BCUT2D eigenvalue weighted by Gasteiger charge is -2.23. The van der Waals surface area contributed by atoms with Gasteiger partial charge in [0.05, 0.1) is 23.8 Å². The zero-order chi connectivity index (χ0) is 14.5. The van der Waals surface area contributed by atoms with Crippen molar-refractivity contribution in [1.29, 1.82) is 5.26 Å². The smallest absolute Gasteiger partial charge is 0.395 e. The number of hydrogen-bond acceptors (Lipinski definition) is 3. The monoisotopic (exact) mass is 270 g/mol. The van der Waals surface area contributed by atoms with Crippen LogP contribution in [0.2, 0.25) is 0 Å². The molecule has 0 radical (unpaired) electrons. The highest BCUT2D eigenvalue weighted by molar-refractivity contribution is 5.55. The second-order valence-corrected chi connectivity index (χ2v) is 3.80.